The molecule has 1 heterocycles. The highest BCUT2D eigenvalue weighted by molar-refractivity contribution is 7.57. The molecular formula is C6H10N3O3P. The normalized spacial score (nSPS) is 11.3. The van der Waals surface area contributed by atoms with Crippen LogP contribution in [-0.2, 0) is 4.57 Å². The van der Waals surface area contributed by atoms with Crippen molar-refractivity contribution >= 4 is 13.5 Å². The Morgan fingerprint density at radius 2 is 2.23 bits per heavy atom. The van der Waals surface area contributed by atoms with Gasteiger partial charge in [0.2, 0.25) is 0 Å². The van der Waals surface area contributed by atoms with Crippen LogP contribution in [0.25, 0.3) is 0 Å². The zero-order valence-corrected chi connectivity index (χ0v) is 7.88. The first-order chi connectivity index (χ1) is 5.90. The van der Waals surface area contributed by atoms with Crippen molar-refractivity contribution in [3.8, 4) is 0 Å². The molecule has 0 saturated carbocycles. The second kappa shape index (κ2) is 3.33. The fourth-order valence-electron chi connectivity index (χ4n) is 0.839. The van der Waals surface area contributed by atoms with Gasteiger partial charge in [0, 0.05) is 0 Å². The molecule has 72 valence electrons. The lowest BCUT2D eigenvalue weighted by Gasteiger charge is -2.07. The number of aryl methyl sites for hydroxylation is 1. The van der Waals surface area contributed by atoms with Gasteiger partial charge in [-0.3, -0.25) is 25.5 Å². The fourth-order valence-corrected chi connectivity index (χ4v) is 1.28. The Labute approximate surface area is 74.8 Å². The largest absolute Gasteiger partial charge is 0.469 e. The van der Waals surface area contributed by atoms with Crippen molar-refractivity contribution in [2.45, 2.75) is 6.92 Å². The average molecular weight is 203 g/mol. The lowest BCUT2D eigenvalue weighted by atomic mass is 10.2. The van der Waals surface area contributed by atoms with Crippen LogP contribution in [0.2, 0.25) is 0 Å². The number of carbonyl (C=O) groups excluding carboxylic acids is 1. The summed E-state index contributed by atoms with van der Waals surface area (Å²) in [5, 5.41) is 1.97. The van der Waals surface area contributed by atoms with Gasteiger partial charge in [0.15, 0.2) is 0 Å². The van der Waals surface area contributed by atoms with E-state index < -0.39 is 13.5 Å². The van der Waals surface area contributed by atoms with Gasteiger partial charge < -0.3 is 4.42 Å². The van der Waals surface area contributed by atoms with Gasteiger partial charge in [0.05, 0.1) is 11.8 Å². The number of amides is 1. The van der Waals surface area contributed by atoms with Crippen LogP contribution < -0.4 is 16.1 Å². The predicted octanol–water partition coefficient (Wildman–Crippen LogP) is 0.343. The van der Waals surface area contributed by atoms with Crippen LogP contribution in [0.15, 0.2) is 16.7 Å². The summed E-state index contributed by atoms with van der Waals surface area (Å²) in [6, 6.07) is 1.44. The Morgan fingerprint density at radius 1 is 1.62 bits per heavy atom. The van der Waals surface area contributed by atoms with Crippen LogP contribution in [0.5, 0.6) is 0 Å². The van der Waals surface area contributed by atoms with Gasteiger partial charge in [-0.05, 0) is 13.0 Å². The minimum Gasteiger partial charge on any atom is -0.469 e. The third-order valence-corrected chi connectivity index (χ3v) is 1.93. The Bertz CT molecular complexity index is 367. The zero-order chi connectivity index (χ0) is 10.1. The van der Waals surface area contributed by atoms with Crippen LogP contribution in [0.3, 0.4) is 0 Å². The van der Waals surface area contributed by atoms with Crippen LogP contribution >= 0.6 is 7.59 Å². The molecule has 13 heavy (non-hydrogen) atoms. The van der Waals surface area contributed by atoms with Gasteiger partial charge in [-0.2, -0.15) is 0 Å². The highest BCUT2D eigenvalue weighted by Crippen LogP contribution is 2.19. The Hall–Kier alpha value is -1.10. The second-order valence-electron chi connectivity index (χ2n) is 2.54. The molecule has 0 atom stereocenters. The van der Waals surface area contributed by atoms with Crippen LogP contribution in [0, 0.1) is 6.92 Å². The number of furan rings is 1. The van der Waals surface area contributed by atoms with Crippen molar-refractivity contribution in [1.82, 2.24) is 5.09 Å². The molecule has 5 N–H and O–H groups in total. The summed E-state index contributed by atoms with van der Waals surface area (Å²) in [4.78, 5) is 11.2. The third kappa shape index (κ3) is 2.69. The van der Waals surface area contributed by atoms with Gasteiger partial charge in [-0.15, -0.1) is 0 Å². The minimum absolute atomic E-state index is 0.274. The molecule has 0 fully saturated rings. The maximum absolute atomic E-state index is 11.2. The van der Waals surface area contributed by atoms with Gasteiger partial charge in [0.25, 0.3) is 5.91 Å². The summed E-state index contributed by atoms with van der Waals surface area (Å²) in [6.07, 6.45) is 1.35. The summed E-state index contributed by atoms with van der Waals surface area (Å²) in [5.74, 6) is -0.175. The monoisotopic (exact) mass is 203 g/mol. The van der Waals surface area contributed by atoms with Gasteiger partial charge in [-0.1, -0.05) is 0 Å². The number of rotatable bonds is 2. The number of nitrogens with two attached hydrogens (primary N) is 2. The molecule has 0 radical (unpaired) electrons. The Kier molecular flexibility index (Phi) is 2.56. The Balaban J connectivity index is 2.82. The molecule has 0 saturated heterocycles. The van der Waals surface area contributed by atoms with Crippen molar-refractivity contribution in [3.63, 3.8) is 0 Å². The van der Waals surface area contributed by atoms with E-state index in [0.29, 0.717) is 5.76 Å². The molecule has 0 bridgehead atoms. The molecule has 0 spiro atoms. The van der Waals surface area contributed by atoms with Crippen molar-refractivity contribution in [1.29, 1.82) is 0 Å². The number of hydrogen-bond acceptors (Lipinski definition) is 3. The van der Waals surface area contributed by atoms with Gasteiger partial charge in [-0.25, -0.2) is 0 Å². The molecule has 0 aliphatic carbocycles. The van der Waals surface area contributed by atoms with Crippen molar-refractivity contribution in [3.05, 3.63) is 23.7 Å². The molecule has 1 aromatic heterocycles. The first kappa shape index (κ1) is 9.98. The average Bonchev–Trinajstić information content (AvgIpc) is 2.30. The quantitative estimate of drug-likeness (QED) is 0.600. The van der Waals surface area contributed by atoms with E-state index in [9.17, 15) is 9.36 Å². The number of nitrogens with one attached hydrogen (secondary N) is 1. The van der Waals surface area contributed by atoms with E-state index in [1.165, 1.54) is 12.3 Å². The highest BCUT2D eigenvalue weighted by atomic mass is 31.2. The SMILES string of the molecule is Cc1occc1C(=O)NP(N)(N)=O. The molecule has 1 amide bonds. The number of carbonyl (C=O) groups is 1. The lowest BCUT2D eigenvalue weighted by Crippen LogP contribution is -2.28. The summed E-state index contributed by atoms with van der Waals surface area (Å²) in [6.45, 7) is 1.60. The van der Waals surface area contributed by atoms with E-state index in [4.69, 9.17) is 15.4 Å². The molecule has 0 unspecified atom stereocenters. The predicted molar refractivity (Wildman–Crippen MR) is 46.9 cm³/mol. The van der Waals surface area contributed by atoms with Gasteiger partial charge in [0.1, 0.15) is 5.76 Å². The van der Waals surface area contributed by atoms with Crippen molar-refractivity contribution < 1.29 is 13.8 Å². The smallest absolute Gasteiger partial charge is 0.300 e. The van der Waals surface area contributed by atoms with Crippen LogP contribution in [0.1, 0.15) is 16.1 Å². The maximum atomic E-state index is 11.2. The molecule has 0 aromatic carbocycles. The standard InChI is InChI=1S/C6H10N3O3P/c1-4-5(2-3-12-4)6(10)9-13(7,8)11/h2-3H,1H3,(H5,7,8,9,10,11). The van der Waals surface area contributed by atoms with E-state index in [1.807, 2.05) is 5.09 Å². The molecule has 1 rings (SSSR count). The minimum atomic E-state index is -3.52. The molecule has 6 nitrogen and oxygen atoms in total. The topological polar surface area (TPSA) is 111 Å². The summed E-state index contributed by atoms with van der Waals surface area (Å²) < 4.78 is 15.7. The van der Waals surface area contributed by atoms with E-state index in [0.717, 1.165) is 0 Å². The molecule has 0 aliphatic rings. The summed E-state index contributed by atoms with van der Waals surface area (Å²) in [5.41, 5.74) is 10.2. The van der Waals surface area contributed by atoms with Gasteiger partial charge >= 0.3 is 7.59 Å². The highest BCUT2D eigenvalue weighted by Gasteiger charge is 2.17. The van der Waals surface area contributed by atoms with Crippen molar-refractivity contribution in [2.75, 3.05) is 0 Å². The zero-order valence-electron chi connectivity index (χ0n) is 6.98. The van der Waals surface area contributed by atoms with Crippen LogP contribution in [0.4, 0.5) is 0 Å². The Morgan fingerprint density at radius 3 is 2.62 bits per heavy atom. The molecular weight excluding hydrogens is 193 g/mol. The van der Waals surface area contributed by atoms with E-state index in [1.54, 1.807) is 6.92 Å². The fraction of sp³-hybridized carbons (Fsp3) is 0.167. The number of hydrogen-bond donors (Lipinski definition) is 3. The second-order valence-corrected chi connectivity index (χ2v) is 4.18. The first-order valence-electron chi connectivity index (χ1n) is 3.44. The van der Waals surface area contributed by atoms with E-state index in [2.05, 4.69) is 0 Å². The molecule has 7 heteroatoms. The summed E-state index contributed by atoms with van der Waals surface area (Å²) in [7, 11) is -3.52. The molecule has 0 aliphatic heterocycles. The first-order valence-corrected chi connectivity index (χ1v) is 5.28. The maximum Gasteiger partial charge on any atom is 0.300 e. The van der Waals surface area contributed by atoms with Crippen LogP contribution in [-0.4, -0.2) is 5.91 Å². The lowest BCUT2D eigenvalue weighted by molar-refractivity contribution is 0.0979. The van der Waals surface area contributed by atoms with E-state index >= 15 is 0 Å². The third-order valence-electron chi connectivity index (χ3n) is 1.38. The van der Waals surface area contributed by atoms with Crippen molar-refractivity contribution in [2.24, 2.45) is 11.0 Å². The van der Waals surface area contributed by atoms with E-state index in [-0.39, 0.29) is 5.56 Å². The molecule has 1 aromatic rings. The summed E-state index contributed by atoms with van der Waals surface area (Å²) >= 11 is 0.